The molecule has 2 aromatic rings. The number of aromatic amines is 1. The standard InChI is InChI=1S/C24H22N2O5/c1-4-26(5-2)15-10-11-16-17(12-15)31-23-20(25-16)19(24(29)30)18(21(27)22(23)28)14-8-6-13(3)7-9-14/h6-12,25H,4-5H2,1-3H3,(H,29,30). The van der Waals surface area contributed by atoms with Gasteiger partial charge in [0.1, 0.15) is 5.35 Å². The molecular weight excluding hydrogens is 396 g/mol. The number of benzene rings is 2. The number of aryl methyl sites for hydroxylation is 1. The van der Waals surface area contributed by atoms with E-state index in [1.165, 1.54) is 0 Å². The number of nitrogens with zero attached hydrogens (tertiary/aromatic N) is 1. The van der Waals surface area contributed by atoms with Crippen LogP contribution < -0.4 is 15.8 Å². The number of carbonyl (C=O) groups is 1. The summed E-state index contributed by atoms with van der Waals surface area (Å²) in [4.78, 5) is 43.2. The Morgan fingerprint density at radius 1 is 1.03 bits per heavy atom. The van der Waals surface area contributed by atoms with E-state index in [-0.39, 0.29) is 21.9 Å². The molecule has 2 N–H and O–H groups in total. The van der Waals surface area contributed by atoms with Gasteiger partial charge in [-0.15, -0.1) is 0 Å². The molecule has 0 saturated heterocycles. The van der Waals surface area contributed by atoms with Crippen LogP contribution in [0.1, 0.15) is 29.8 Å². The first-order chi connectivity index (χ1) is 14.8. The molecule has 7 heteroatoms. The number of H-pyrrole nitrogens is 1. The molecule has 0 amide bonds. The molecule has 1 aliphatic heterocycles. The Morgan fingerprint density at radius 2 is 1.71 bits per heavy atom. The Labute approximate surface area is 177 Å². The Bertz CT molecular complexity index is 1480. The quantitative estimate of drug-likeness (QED) is 0.479. The number of fused-ring (bicyclic) bond motifs is 1. The summed E-state index contributed by atoms with van der Waals surface area (Å²) in [5.41, 5.74) is 0.641. The van der Waals surface area contributed by atoms with Crippen LogP contribution in [0, 0.1) is 17.7 Å². The van der Waals surface area contributed by atoms with Crippen molar-refractivity contribution in [2.75, 3.05) is 18.0 Å². The van der Waals surface area contributed by atoms with E-state index in [1.54, 1.807) is 36.4 Å². The van der Waals surface area contributed by atoms with Gasteiger partial charge >= 0.3 is 5.97 Å². The third-order valence-electron chi connectivity index (χ3n) is 5.49. The monoisotopic (exact) mass is 418 g/mol. The van der Waals surface area contributed by atoms with E-state index in [0.717, 1.165) is 24.3 Å². The van der Waals surface area contributed by atoms with Crippen molar-refractivity contribution in [3.63, 3.8) is 0 Å². The van der Waals surface area contributed by atoms with Crippen molar-refractivity contribution in [2.45, 2.75) is 20.8 Å². The lowest BCUT2D eigenvalue weighted by molar-refractivity contribution is 0.0695. The zero-order chi connectivity index (χ0) is 22.3. The van der Waals surface area contributed by atoms with Gasteiger partial charge in [0.15, 0.2) is 5.58 Å². The van der Waals surface area contributed by atoms with Gasteiger partial charge in [-0.3, -0.25) is 9.59 Å². The number of carboxylic acid groups (broad SMARTS) is 1. The van der Waals surface area contributed by atoms with Gasteiger partial charge in [-0.1, -0.05) is 29.8 Å². The summed E-state index contributed by atoms with van der Waals surface area (Å²) < 4.78 is 5.80. The van der Waals surface area contributed by atoms with E-state index in [1.807, 2.05) is 26.8 Å². The molecule has 0 radical (unpaired) electrons. The molecule has 0 aromatic heterocycles. The lowest BCUT2D eigenvalue weighted by Gasteiger charge is -2.21. The molecule has 2 aromatic carbocycles. The summed E-state index contributed by atoms with van der Waals surface area (Å²) >= 11 is 0. The molecule has 7 nitrogen and oxygen atoms in total. The number of hydrogen-bond donors (Lipinski definition) is 2. The number of rotatable bonds is 5. The number of aromatic nitrogens is 1. The van der Waals surface area contributed by atoms with Gasteiger partial charge in [-0.25, -0.2) is 4.79 Å². The maximum Gasteiger partial charge on any atom is 0.338 e. The molecule has 0 saturated carbocycles. The molecule has 0 spiro atoms. The zero-order valence-electron chi connectivity index (χ0n) is 17.5. The van der Waals surface area contributed by atoms with Crippen molar-refractivity contribution in [1.29, 1.82) is 0 Å². The molecule has 0 fully saturated rings. The van der Waals surface area contributed by atoms with Crippen molar-refractivity contribution in [3.05, 3.63) is 84.8 Å². The first kappa shape index (κ1) is 20.4. The maximum atomic E-state index is 12.9. The van der Waals surface area contributed by atoms with Crippen LogP contribution in [0.4, 0.5) is 5.69 Å². The fraction of sp³-hybridized carbons (Fsp3) is 0.208. The van der Waals surface area contributed by atoms with E-state index < -0.39 is 16.8 Å². The summed E-state index contributed by atoms with van der Waals surface area (Å²) in [6, 6.07) is 12.2. The van der Waals surface area contributed by atoms with Gasteiger partial charge in [-0.2, -0.15) is 0 Å². The average molecular weight is 418 g/mol. The average Bonchev–Trinajstić information content (AvgIpc) is 2.76. The number of aromatic carboxylic acids is 1. The highest BCUT2D eigenvalue weighted by Gasteiger charge is 2.23. The van der Waals surface area contributed by atoms with E-state index >= 15 is 0 Å². The van der Waals surface area contributed by atoms with Crippen LogP contribution in [0.15, 0.2) is 56.5 Å². The summed E-state index contributed by atoms with van der Waals surface area (Å²) in [6.45, 7) is 7.52. The Morgan fingerprint density at radius 3 is 2.32 bits per heavy atom. The molecule has 31 heavy (non-hydrogen) atoms. The molecule has 0 atom stereocenters. The molecule has 0 unspecified atom stereocenters. The Hall–Kier alpha value is -3.87. The topological polar surface area (TPSA) is 104 Å². The van der Waals surface area contributed by atoms with Crippen molar-refractivity contribution < 1.29 is 14.3 Å². The fourth-order valence-corrected chi connectivity index (χ4v) is 3.84. The molecule has 0 bridgehead atoms. The van der Waals surface area contributed by atoms with Gasteiger partial charge in [0.2, 0.25) is 10.8 Å². The molecule has 2 aliphatic rings. The van der Waals surface area contributed by atoms with Crippen LogP contribution >= 0.6 is 0 Å². The number of hydrogen-bond acceptors (Lipinski definition) is 5. The molecule has 4 rings (SSSR count). The van der Waals surface area contributed by atoms with Crippen molar-refractivity contribution in [3.8, 4) is 11.1 Å². The highest BCUT2D eigenvalue weighted by molar-refractivity contribution is 5.96. The summed E-state index contributed by atoms with van der Waals surface area (Å²) in [5, 5.41) is 9.93. The minimum Gasteiger partial charge on any atom is -0.478 e. The number of carboxylic acids is 1. The first-order valence-electron chi connectivity index (χ1n) is 10.1. The normalized spacial score (nSPS) is 11.2. The Balaban J connectivity index is 2.12. The third kappa shape index (κ3) is 3.38. The Kier molecular flexibility index (Phi) is 5.10. The van der Waals surface area contributed by atoms with E-state index in [4.69, 9.17) is 4.42 Å². The SMILES string of the molecule is CCN(CC)c1ccc2[nH]c3c(C(=O)O)c(-c4ccc(C)cc4)c(=O)c(=O)c=3oc2c1. The fourth-order valence-electron chi connectivity index (χ4n) is 3.84. The van der Waals surface area contributed by atoms with Crippen LogP contribution in [0.2, 0.25) is 0 Å². The summed E-state index contributed by atoms with van der Waals surface area (Å²) in [6.07, 6.45) is 0. The van der Waals surface area contributed by atoms with E-state index in [0.29, 0.717) is 16.7 Å². The second kappa shape index (κ2) is 7.75. The zero-order valence-corrected chi connectivity index (χ0v) is 17.5. The predicted molar refractivity (Wildman–Crippen MR) is 119 cm³/mol. The van der Waals surface area contributed by atoms with Crippen LogP contribution in [-0.2, 0) is 0 Å². The van der Waals surface area contributed by atoms with Crippen LogP contribution in [0.3, 0.4) is 0 Å². The van der Waals surface area contributed by atoms with Crippen molar-refractivity contribution in [1.82, 2.24) is 4.98 Å². The van der Waals surface area contributed by atoms with Gasteiger partial charge < -0.3 is 19.4 Å². The second-order valence-corrected chi connectivity index (χ2v) is 7.36. The minimum atomic E-state index is -1.32. The predicted octanol–water partition coefficient (Wildman–Crippen LogP) is 3.73. The largest absolute Gasteiger partial charge is 0.478 e. The summed E-state index contributed by atoms with van der Waals surface area (Å²) in [5.74, 6) is -1.32. The molecular formula is C24H22N2O5. The van der Waals surface area contributed by atoms with Crippen molar-refractivity contribution >= 4 is 22.8 Å². The second-order valence-electron chi connectivity index (χ2n) is 7.36. The lowest BCUT2D eigenvalue weighted by atomic mass is 9.97. The highest BCUT2D eigenvalue weighted by atomic mass is 16.4. The van der Waals surface area contributed by atoms with Gasteiger partial charge in [-0.05, 0) is 38.5 Å². The van der Waals surface area contributed by atoms with Crippen LogP contribution in [-0.4, -0.2) is 29.1 Å². The van der Waals surface area contributed by atoms with E-state index in [9.17, 15) is 19.5 Å². The third-order valence-corrected chi connectivity index (χ3v) is 5.49. The molecule has 1 heterocycles. The van der Waals surface area contributed by atoms with Gasteiger partial charge in [0.25, 0.3) is 5.43 Å². The van der Waals surface area contributed by atoms with Gasteiger partial charge in [0, 0.05) is 24.8 Å². The highest BCUT2D eigenvalue weighted by Crippen LogP contribution is 2.25. The smallest absolute Gasteiger partial charge is 0.338 e. The minimum absolute atomic E-state index is 0.00392. The summed E-state index contributed by atoms with van der Waals surface area (Å²) in [7, 11) is 0. The van der Waals surface area contributed by atoms with Crippen LogP contribution in [0.5, 0.6) is 0 Å². The molecule has 158 valence electrons. The lowest BCUT2D eigenvalue weighted by Crippen LogP contribution is -2.30. The van der Waals surface area contributed by atoms with Gasteiger partial charge in [0.05, 0.1) is 16.6 Å². The van der Waals surface area contributed by atoms with Crippen LogP contribution in [0.25, 0.3) is 22.2 Å². The maximum absolute atomic E-state index is 12.9. The molecule has 1 aliphatic carbocycles. The number of nitrogens with one attached hydrogen (secondary N) is 1. The van der Waals surface area contributed by atoms with Crippen molar-refractivity contribution in [2.24, 2.45) is 0 Å². The number of anilines is 1. The van der Waals surface area contributed by atoms with E-state index in [2.05, 4.69) is 9.88 Å². The first-order valence-corrected chi connectivity index (χ1v) is 10.1.